The van der Waals surface area contributed by atoms with Crippen LogP contribution in [0, 0.1) is 0 Å². The maximum Gasteiger partial charge on any atom is 0.275 e. The fourth-order valence-electron chi connectivity index (χ4n) is 3.41. The third-order valence-electron chi connectivity index (χ3n) is 4.62. The number of carbonyl (C=O) groups excluding carboxylic acids is 1. The second kappa shape index (κ2) is 8.29. The van der Waals surface area contributed by atoms with Gasteiger partial charge in [-0.25, -0.2) is 0 Å². The highest BCUT2D eigenvalue weighted by molar-refractivity contribution is 7.80. The van der Waals surface area contributed by atoms with Gasteiger partial charge in [0, 0.05) is 11.6 Å². The molecule has 0 aromatic heterocycles. The lowest BCUT2D eigenvalue weighted by Gasteiger charge is -2.35. The first-order valence-corrected chi connectivity index (χ1v) is 9.44. The maximum absolute atomic E-state index is 12.0. The summed E-state index contributed by atoms with van der Waals surface area (Å²) in [5.41, 5.74) is -0.149. The number of rotatable bonds is 3. The van der Waals surface area contributed by atoms with Gasteiger partial charge in [0.05, 0.1) is 26.2 Å². The fourth-order valence-corrected chi connectivity index (χ4v) is 3.75. The number of piperazine rings is 1. The highest BCUT2D eigenvalue weighted by Gasteiger charge is 2.26. The molecule has 2 aliphatic rings. The minimum absolute atomic E-state index is 0.142. The molecule has 23 heavy (non-hydrogen) atoms. The van der Waals surface area contributed by atoms with E-state index in [9.17, 15) is 4.79 Å². The molecule has 0 unspecified atom stereocenters. The molecule has 0 aromatic carbocycles. The lowest BCUT2D eigenvalue weighted by Crippen LogP contribution is -3.16. The minimum atomic E-state index is -0.149. The summed E-state index contributed by atoms with van der Waals surface area (Å²) in [6.07, 6.45) is 6.50. The molecule has 0 radical (unpaired) electrons. The van der Waals surface area contributed by atoms with Gasteiger partial charge in [-0.15, -0.1) is 0 Å². The molecule has 1 heterocycles. The van der Waals surface area contributed by atoms with Crippen molar-refractivity contribution in [1.29, 1.82) is 0 Å². The molecule has 5 nitrogen and oxygen atoms in total. The average Bonchev–Trinajstić information content (AvgIpc) is 2.47. The largest absolute Gasteiger partial charge is 0.360 e. The van der Waals surface area contributed by atoms with Gasteiger partial charge in [-0.3, -0.25) is 4.79 Å². The summed E-state index contributed by atoms with van der Waals surface area (Å²) < 4.78 is 0. The van der Waals surface area contributed by atoms with E-state index in [-0.39, 0.29) is 11.4 Å². The van der Waals surface area contributed by atoms with Crippen LogP contribution in [0.1, 0.15) is 52.9 Å². The Hall–Kier alpha value is -0.880. The summed E-state index contributed by atoms with van der Waals surface area (Å²) in [7, 11) is 0. The van der Waals surface area contributed by atoms with Crippen molar-refractivity contribution >= 4 is 23.2 Å². The van der Waals surface area contributed by atoms with E-state index in [4.69, 9.17) is 12.2 Å². The number of hydrogen-bond donors (Lipinski definition) is 3. The van der Waals surface area contributed by atoms with E-state index in [1.54, 1.807) is 0 Å². The quantitative estimate of drug-likeness (QED) is 0.647. The van der Waals surface area contributed by atoms with Gasteiger partial charge in [0.1, 0.15) is 0 Å². The Labute approximate surface area is 146 Å². The standard InChI is InChI=1S/C17H32N4OS/c1-17(2,3)19-15(22)13-20-9-11-21(12-10-20)16(23)18-14-7-5-4-6-8-14/h14H,4-13H2,1-3H3,(H,18,23)(H,19,22)/p+1. The zero-order chi connectivity index (χ0) is 16.9. The molecule has 1 saturated heterocycles. The van der Waals surface area contributed by atoms with Crippen LogP contribution >= 0.6 is 12.2 Å². The van der Waals surface area contributed by atoms with Crippen molar-refractivity contribution in [2.75, 3.05) is 32.7 Å². The molecule has 0 spiro atoms. The second-order valence-electron chi connectivity index (χ2n) is 8.00. The van der Waals surface area contributed by atoms with Gasteiger partial charge < -0.3 is 20.4 Å². The summed E-state index contributed by atoms with van der Waals surface area (Å²) in [4.78, 5) is 15.6. The Bertz CT molecular complexity index is 407. The molecule has 1 aliphatic heterocycles. The third-order valence-corrected chi connectivity index (χ3v) is 4.99. The van der Waals surface area contributed by atoms with Gasteiger partial charge in [-0.05, 0) is 45.8 Å². The van der Waals surface area contributed by atoms with Crippen LogP contribution in [0.4, 0.5) is 0 Å². The predicted molar refractivity (Wildman–Crippen MR) is 97.6 cm³/mol. The summed E-state index contributed by atoms with van der Waals surface area (Å²) in [6, 6.07) is 0.569. The monoisotopic (exact) mass is 341 g/mol. The van der Waals surface area contributed by atoms with E-state index in [1.807, 2.05) is 20.8 Å². The van der Waals surface area contributed by atoms with Crippen molar-refractivity contribution in [2.45, 2.75) is 64.5 Å². The Kier molecular flexibility index (Phi) is 6.65. The van der Waals surface area contributed by atoms with E-state index in [0.29, 0.717) is 12.6 Å². The van der Waals surface area contributed by atoms with Gasteiger partial charge in [0.25, 0.3) is 5.91 Å². The molecule has 1 aliphatic carbocycles. The topological polar surface area (TPSA) is 48.8 Å². The molecule has 0 atom stereocenters. The molecule has 2 fully saturated rings. The number of nitrogens with zero attached hydrogens (tertiary/aromatic N) is 1. The number of nitrogens with one attached hydrogen (secondary N) is 3. The number of hydrogen-bond acceptors (Lipinski definition) is 2. The molecule has 132 valence electrons. The Morgan fingerprint density at radius 3 is 2.35 bits per heavy atom. The third kappa shape index (κ3) is 6.63. The lowest BCUT2D eigenvalue weighted by atomic mass is 9.96. The minimum Gasteiger partial charge on any atom is -0.360 e. The van der Waals surface area contributed by atoms with Crippen LogP contribution in [0.2, 0.25) is 0 Å². The van der Waals surface area contributed by atoms with Crippen LogP contribution in [0.15, 0.2) is 0 Å². The van der Waals surface area contributed by atoms with Gasteiger partial charge in [0.15, 0.2) is 11.7 Å². The van der Waals surface area contributed by atoms with Crippen molar-refractivity contribution in [3.8, 4) is 0 Å². The first kappa shape index (κ1) is 18.5. The number of thiocarbonyl (C=S) groups is 1. The molecule has 1 amide bonds. The first-order chi connectivity index (χ1) is 10.8. The Morgan fingerprint density at radius 1 is 1.17 bits per heavy atom. The highest BCUT2D eigenvalue weighted by atomic mass is 32.1. The lowest BCUT2D eigenvalue weighted by molar-refractivity contribution is -0.895. The molecule has 3 N–H and O–H groups in total. The van der Waals surface area contributed by atoms with Crippen LogP contribution in [0.3, 0.4) is 0 Å². The smallest absolute Gasteiger partial charge is 0.275 e. The van der Waals surface area contributed by atoms with Gasteiger partial charge in [-0.1, -0.05) is 19.3 Å². The molecule has 6 heteroatoms. The van der Waals surface area contributed by atoms with Crippen LogP contribution in [0.25, 0.3) is 0 Å². The second-order valence-corrected chi connectivity index (χ2v) is 8.38. The van der Waals surface area contributed by atoms with Crippen molar-refractivity contribution in [1.82, 2.24) is 15.5 Å². The van der Waals surface area contributed by atoms with Crippen molar-refractivity contribution in [3.63, 3.8) is 0 Å². The Morgan fingerprint density at radius 2 is 1.78 bits per heavy atom. The summed E-state index contributed by atoms with van der Waals surface area (Å²) in [5.74, 6) is 0.142. The van der Waals surface area contributed by atoms with E-state index in [1.165, 1.54) is 37.0 Å². The SMILES string of the molecule is CC(C)(C)NC(=O)C[NH+]1CCN(C(=S)NC2CCCCC2)CC1. The fraction of sp³-hybridized carbons (Fsp3) is 0.882. The highest BCUT2D eigenvalue weighted by Crippen LogP contribution is 2.17. The summed E-state index contributed by atoms with van der Waals surface area (Å²) >= 11 is 5.58. The molecule has 0 bridgehead atoms. The number of amides is 1. The first-order valence-electron chi connectivity index (χ1n) is 9.03. The average molecular weight is 342 g/mol. The van der Waals surface area contributed by atoms with Crippen molar-refractivity contribution in [2.24, 2.45) is 0 Å². The van der Waals surface area contributed by atoms with Gasteiger partial charge in [-0.2, -0.15) is 0 Å². The normalized spacial score (nSPS) is 21.1. The van der Waals surface area contributed by atoms with Gasteiger partial charge >= 0.3 is 0 Å². The molecule has 1 saturated carbocycles. The van der Waals surface area contributed by atoms with Crippen molar-refractivity contribution < 1.29 is 9.69 Å². The van der Waals surface area contributed by atoms with Gasteiger partial charge in [0.2, 0.25) is 0 Å². The van der Waals surface area contributed by atoms with Crippen LogP contribution in [0.5, 0.6) is 0 Å². The summed E-state index contributed by atoms with van der Waals surface area (Å²) in [5, 5.41) is 7.50. The van der Waals surface area contributed by atoms with E-state index < -0.39 is 0 Å². The van der Waals surface area contributed by atoms with E-state index in [2.05, 4.69) is 15.5 Å². The van der Waals surface area contributed by atoms with Crippen LogP contribution in [-0.2, 0) is 4.79 Å². The number of carbonyl (C=O) groups is 1. The Balaban J connectivity index is 1.68. The number of quaternary nitrogens is 1. The van der Waals surface area contributed by atoms with Crippen LogP contribution in [-0.4, -0.2) is 60.2 Å². The molecule has 0 aromatic rings. The van der Waals surface area contributed by atoms with Crippen molar-refractivity contribution in [3.05, 3.63) is 0 Å². The maximum atomic E-state index is 12.0. The predicted octanol–water partition coefficient (Wildman–Crippen LogP) is 0.309. The van der Waals surface area contributed by atoms with E-state index >= 15 is 0 Å². The zero-order valence-electron chi connectivity index (χ0n) is 14.9. The van der Waals surface area contributed by atoms with E-state index in [0.717, 1.165) is 31.3 Å². The molecular weight excluding hydrogens is 308 g/mol. The van der Waals surface area contributed by atoms with Crippen LogP contribution < -0.4 is 15.5 Å². The summed E-state index contributed by atoms with van der Waals surface area (Å²) in [6.45, 7) is 10.5. The zero-order valence-corrected chi connectivity index (χ0v) is 15.7. The molecular formula is C17H33N4OS+. The molecule has 2 rings (SSSR count).